The van der Waals surface area contributed by atoms with E-state index in [4.69, 9.17) is 0 Å². The zero-order valence-corrected chi connectivity index (χ0v) is 12.0. The molecule has 1 fully saturated rings. The van der Waals surface area contributed by atoms with Gasteiger partial charge in [-0.3, -0.25) is 9.80 Å². The van der Waals surface area contributed by atoms with Gasteiger partial charge in [0.2, 0.25) is 0 Å². The van der Waals surface area contributed by atoms with E-state index in [1.54, 1.807) is 0 Å². The normalized spacial score (nSPS) is 20.6. The third-order valence-corrected chi connectivity index (χ3v) is 3.33. The molecular weight excluding hydrogens is 236 g/mol. The molecule has 0 saturated heterocycles. The number of hydrogen-bond acceptors (Lipinski definition) is 3. The number of Topliss-reactive ketones (excluding diaryl/α,β-unsaturated/α-hetero) is 1. The lowest BCUT2D eigenvalue weighted by molar-refractivity contribution is -0.120. The number of benzene rings is 1. The number of ketones is 1. The largest absolute Gasteiger partial charge is 0.299 e. The molecule has 19 heavy (non-hydrogen) atoms. The molecule has 0 radical (unpaired) electrons. The third kappa shape index (κ3) is 4.19. The van der Waals surface area contributed by atoms with E-state index in [1.165, 1.54) is 5.56 Å². The van der Waals surface area contributed by atoms with Crippen molar-refractivity contribution in [2.75, 3.05) is 7.05 Å². The van der Waals surface area contributed by atoms with Crippen LogP contribution in [0.5, 0.6) is 0 Å². The molecule has 0 N–H and O–H groups in total. The zero-order valence-electron chi connectivity index (χ0n) is 12.0. The number of nitrogens with zero attached hydrogens (tertiary/aromatic N) is 2. The van der Waals surface area contributed by atoms with Gasteiger partial charge in [0.1, 0.15) is 5.78 Å². The molecule has 0 unspecified atom stereocenters. The second-order valence-corrected chi connectivity index (χ2v) is 6.20. The number of rotatable bonds is 3. The second-order valence-electron chi connectivity index (χ2n) is 6.20. The molecule has 0 aliphatic heterocycles. The predicted molar refractivity (Wildman–Crippen MR) is 78.0 cm³/mol. The summed E-state index contributed by atoms with van der Waals surface area (Å²) in [7, 11) is 1.96. The summed E-state index contributed by atoms with van der Waals surface area (Å²) in [5.41, 5.74) is 2.30. The van der Waals surface area contributed by atoms with E-state index in [1.807, 2.05) is 30.3 Å². The van der Waals surface area contributed by atoms with Gasteiger partial charge in [0, 0.05) is 25.6 Å². The molecule has 0 aromatic heterocycles. The molecule has 3 nitrogen and oxygen atoms in total. The Morgan fingerprint density at radius 1 is 1.21 bits per heavy atom. The summed E-state index contributed by atoms with van der Waals surface area (Å²) >= 11 is 0. The Balaban J connectivity index is 2.02. The molecular formula is C16H22N2O. The maximum Gasteiger partial charge on any atom is 0.139 e. The lowest BCUT2D eigenvalue weighted by atomic mass is 9.76. The zero-order chi connectivity index (χ0) is 13.9. The maximum absolute atomic E-state index is 11.7. The highest BCUT2D eigenvalue weighted by molar-refractivity contribution is 6.04. The fourth-order valence-electron chi connectivity index (χ4n) is 2.70. The van der Waals surface area contributed by atoms with Gasteiger partial charge in [-0.1, -0.05) is 44.2 Å². The van der Waals surface area contributed by atoms with Crippen LogP contribution >= 0.6 is 0 Å². The molecule has 1 aromatic rings. The fourth-order valence-corrected chi connectivity index (χ4v) is 2.70. The van der Waals surface area contributed by atoms with E-state index in [0.717, 1.165) is 18.7 Å². The first kappa shape index (κ1) is 13.8. The first-order valence-electron chi connectivity index (χ1n) is 6.78. The van der Waals surface area contributed by atoms with Crippen LogP contribution in [-0.2, 0) is 11.3 Å². The summed E-state index contributed by atoms with van der Waals surface area (Å²) in [6.07, 6.45) is 2.11. The van der Waals surface area contributed by atoms with Crippen LogP contribution in [0.4, 0.5) is 0 Å². The van der Waals surface area contributed by atoms with E-state index < -0.39 is 0 Å². The predicted octanol–water partition coefficient (Wildman–Crippen LogP) is 3.25. The van der Waals surface area contributed by atoms with Gasteiger partial charge >= 0.3 is 0 Å². The van der Waals surface area contributed by atoms with E-state index in [2.05, 4.69) is 31.1 Å². The number of carbonyl (C=O) groups is 1. The molecule has 0 bridgehead atoms. The van der Waals surface area contributed by atoms with Crippen molar-refractivity contribution < 1.29 is 4.79 Å². The molecule has 0 heterocycles. The Morgan fingerprint density at radius 3 is 2.53 bits per heavy atom. The van der Waals surface area contributed by atoms with Crippen molar-refractivity contribution in [1.29, 1.82) is 0 Å². The van der Waals surface area contributed by atoms with E-state index in [0.29, 0.717) is 18.6 Å². The molecule has 0 spiro atoms. The minimum absolute atomic E-state index is 0.0573. The molecule has 2 rings (SSSR count). The Labute approximate surface area is 115 Å². The van der Waals surface area contributed by atoms with Gasteiger partial charge in [-0.15, -0.1) is 0 Å². The van der Waals surface area contributed by atoms with Crippen molar-refractivity contribution in [2.45, 2.75) is 39.7 Å². The first-order valence-corrected chi connectivity index (χ1v) is 6.78. The monoisotopic (exact) mass is 258 g/mol. The van der Waals surface area contributed by atoms with E-state index in [-0.39, 0.29) is 5.41 Å². The van der Waals surface area contributed by atoms with Crippen LogP contribution in [0.25, 0.3) is 0 Å². The Kier molecular flexibility index (Phi) is 4.03. The van der Waals surface area contributed by atoms with Crippen LogP contribution < -0.4 is 0 Å². The Morgan fingerprint density at radius 2 is 1.89 bits per heavy atom. The van der Waals surface area contributed by atoms with Crippen LogP contribution in [-0.4, -0.2) is 23.6 Å². The van der Waals surface area contributed by atoms with Crippen LogP contribution in [0.15, 0.2) is 35.4 Å². The minimum Gasteiger partial charge on any atom is -0.299 e. The van der Waals surface area contributed by atoms with Crippen molar-refractivity contribution in [2.24, 2.45) is 10.5 Å². The van der Waals surface area contributed by atoms with Crippen LogP contribution in [0.1, 0.15) is 38.7 Å². The average Bonchev–Trinajstić information content (AvgIpc) is 2.26. The van der Waals surface area contributed by atoms with Crippen molar-refractivity contribution in [1.82, 2.24) is 5.01 Å². The van der Waals surface area contributed by atoms with Crippen molar-refractivity contribution >= 4 is 11.5 Å². The molecule has 1 saturated carbocycles. The van der Waals surface area contributed by atoms with E-state index >= 15 is 0 Å². The lowest BCUT2D eigenvalue weighted by Gasteiger charge is -2.30. The molecule has 0 amide bonds. The number of hydrogen-bond donors (Lipinski definition) is 0. The van der Waals surface area contributed by atoms with Gasteiger partial charge < -0.3 is 0 Å². The molecule has 1 aliphatic rings. The molecule has 1 aromatic carbocycles. The highest BCUT2D eigenvalue weighted by Crippen LogP contribution is 2.31. The van der Waals surface area contributed by atoms with Gasteiger partial charge in [0.25, 0.3) is 0 Å². The van der Waals surface area contributed by atoms with Gasteiger partial charge in [-0.2, -0.15) is 5.10 Å². The van der Waals surface area contributed by atoms with Crippen molar-refractivity contribution in [3.8, 4) is 0 Å². The van der Waals surface area contributed by atoms with Crippen molar-refractivity contribution in [3.05, 3.63) is 35.9 Å². The minimum atomic E-state index is 0.0573. The highest BCUT2D eigenvalue weighted by atomic mass is 16.1. The van der Waals surface area contributed by atoms with Crippen LogP contribution in [0.2, 0.25) is 0 Å². The molecule has 1 aliphatic carbocycles. The topological polar surface area (TPSA) is 32.7 Å². The highest BCUT2D eigenvalue weighted by Gasteiger charge is 2.30. The molecule has 3 heteroatoms. The van der Waals surface area contributed by atoms with Gasteiger partial charge in [0.15, 0.2) is 0 Å². The van der Waals surface area contributed by atoms with Crippen LogP contribution in [0, 0.1) is 5.41 Å². The SMILES string of the molecule is CN(Cc1ccccc1)/N=C1\CC(=O)CC(C)(C)C1. The standard InChI is InChI=1S/C16H22N2O/c1-16(2)10-14(9-15(19)11-16)17-18(3)12-13-7-5-4-6-8-13/h4-8H,9-12H2,1-3H3/b17-14+. The molecule has 0 atom stereocenters. The van der Waals surface area contributed by atoms with Crippen molar-refractivity contribution in [3.63, 3.8) is 0 Å². The Bertz CT molecular complexity index is 477. The third-order valence-electron chi connectivity index (χ3n) is 3.33. The first-order chi connectivity index (χ1) is 8.94. The summed E-state index contributed by atoms with van der Waals surface area (Å²) in [5.74, 6) is 0.308. The molecule has 102 valence electrons. The smallest absolute Gasteiger partial charge is 0.139 e. The van der Waals surface area contributed by atoms with Crippen LogP contribution in [0.3, 0.4) is 0 Å². The summed E-state index contributed by atoms with van der Waals surface area (Å²) in [4.78, 5) is 11.7. The van der Waals surface area contributed by atoms with Gasteiger partial charge in [-0.05, 0) is 17.4 Å². The summed E-state index contributed by atoms with van der Waals surface area (Å²) in [6, 6.07) is 10.3. The second kappa shape index (κ2) is 5.55. The fraction of sp³-hybridized carbons (Fsp3) is 0.500. The van der Waals surface area contributed by atoms with Gasteiger partial charge in [0.05, 0.1) is 6.54 Å². The number of carbonyl (C=O) groups excluding carboxylic acids is 1. The lowest BCUT2D eigenvalue weighted by Crippen LogP contribution is -2.30. The quantitative estimate of drug-likeness (QED) is 0.780. The van der Waals surface area contributed by atoms with Gasteiger partial charge in [-0.25, -0.2) is 0 Å². The summed E-state index contributed by atoms with van der Waals surface area (Å²) < 4.78 is 0. The Hall–Kier alpha value is -1.64. The average molecular weight is 258 g/mol. The summed E-state index contributed by atoms with van der Waals surface area (Å²) in [5, 5.41) is 6.54. The number of hydrazone groups is 1. The van der Waals surface area contributed by atoms with E-state index in [9.17, 15) is 4.79 Å². The summed E-state index contributed by atoms with van der Waals surface area (Å²) in [6.45, 7) is 5.05. The maximum atomic E-state index is 11.7.